The lowest BCUT2D eigenvalue weighted by molar-refractivity contribution is -0.152. The van der Waals surface area contributed by atoms with Gasteiger partial charge in [0.15, 0.2) is 0 Å². The Bertz CT molecular complexity index is 1240. The van der Waals surface area contributed by atoms with Crippen molar-refractivity contribution in [3.05, 3.63) is 95.6 Å². The van der Waals surface area contributed by atoms with Crippen molar-refractivity contribution in [2.24, 2.45) is 5.92 Å². The van der Waals surface area contributed by atoms with Crippen molar-refractivity contribution in [3.8, 4) is 11.1 Å². The number of carbonyl (C=O) groups excluding carboxylic acids is 3. The van der Waals surface area contributed by atoms with Crippen LogP contribution in [0.2, 0.25) is 0 Å². The van der Waals surface area contributed by atoms with Crippen LogP contribution in [0.1, 0.15) is 36.5 Å². The van der Waals surface area contributed by atoms with Crippen LogP contribution in [0.15, 0.2) is 78.9 Å². The number of ether oxygens (including phenoxy) is 2. The molecule has 2 amide bonds. The first kappa shape index (κ1) is 26.9. The molecule has 0 radical (unpaired) electrons. The summed E-state index contributed by atoms with van der Waals surface area (Å²) in [7, 11) is 2.86. The zero-order chi connectivity index (χ0) is 27.2. The van der Waals surface area contributed by atoms with Gasteiger partial charge in [0.2, 0.25) is 5.91 Å². The molecule has 0 fully saturated rings. The predicted octanol–water partition coefficient (Wildman–Crippen LogP) is 4.79. The summed E-state index contributed by atoms with van der Waals surface area (Å²) in [6.45, 7) is 3.82. The van der Waals surface area contributed by atoms with Gasteiger partial charge in [-0.15, -0.1) is 0 Å². The molecule has 0 saturated carbocycles. The maximum Gasteiger partial charge on any atom is 0.407 e. The third-order valence-electron chi connectivity index (χ3n) is 7.11. The van der Waals surface area contributed by atoms with E-state index < -0.39 is 24.1 Å². The minimum Gasteiger partial charge on any atom is -0.467 e. The lowest BCUT2D eigenvalue weighted by atomic mass is 9.98. The number of benzene rings is 3. The summed E-state index contributed by atoms with van der Waals surface area (Å²) in [6, 6.07) is 23.9. The molecule has 3 aromatic rings. The molecule has 1 aliphatic carbocycles. The van der Waals surface area contributed by atoms with Gasteiger partial charge in [0, 0.05) is 19.4 Å². The molecule has 0 aliphatic heterocycles. The molecule has 0 heterocycles. The van der Waals surface area contributed by atoms with Crippen LogP contribution >= 0.6 is 0 Å². The number of fused-ring (bicyclic) bond motifs is 3. The van der Waals surface area contributed by atoms with E-state index in [9.17, 15) is 14.4 Å². The lowest BCUT2D eigenvalue weighted by Gasteiger charge is -2.31. The van der Waals surface area contributed by atoms with E-state index in [1.807, 2.05) is 68.4 Å². The van der Waals surface area contributed by atoms with Crippen molar-refractivity contribution >= 4 is 18.0 Å². The number of hydrogen-bond donors (Lipinski definition) is 1. The average molecular weight is 515 g/mol. The van der Waals surface area contributed by atoms with Crippen LogP contribution in [0, 0.1) is 5.92 Å². The van der Waals surface area contributed by atoms with Crippen LogP contribution in [-0.2, 0) is 25.5 Å². The fraction of sp³-hybridized carbons (Fsp3) is 0.323. The summed E-state index contributed by atoms with van der Waals surface area (Å²) in [6.07, 6.45) is -0.379. The first-order valence-corrected chi connectivity index (χ1v) is 12.8. The van der Waals surface area contributed by atoms with Crippen LogP contribution in [0.3, 0.4) is 0 Å². The number of methoxy groups -OCH3 is 1. The lowest BCUT2D eigenvalue weighted by Crippen LogP contribution is -2.55. The molecule has 0 spiro atoms. The van der Waals surface area contributed by atoms with E-state index in [1.54, 1.807) is 7.05 Å². The molecule has 7 nitrogen and oxygen atoms in total. The number of nitrogens with one attached hydrogen (secondary N) is 1. The molecule has 0 unspecified atom stereocenters. The number of hydrogen-bond acceptors (Lipinski definition) is 5. The smallest absolute Gasteiger partial charge is 0.407 e. The number of rotatable bonds is 9. The number of alkyl carbamates (subject to hydrolysis) is 1. The van der Waals surface area contributed by atoms with Gasteiger partial charge in [0.05, 0.1) is 7.11 Å². The second-order valence-electron chi connectivity index (χ2n) is 9.87. The highest BCUT2D eigenvalue weighted by atomic mass is 16.5. The number of esters is 1. The Hall–Kier alpha value is -4.13. The zero-order valence-electron chi connectivity index (χ0n) is 22.2. The summed E-state index contributed by atoms with van der Waals surface area (Å²) >= 11 is 0. The standard InChI is InChI=1S/C31H34N2O5/c1-20(2)28(29(34)33(3)27(30(35)37-4)18-21-12-6-5-7-13-21)32-31(36)38-19-26-24-16-10-8-14-22(24)23-15-9-11-17-25(23)26/h5-17,20,26-28H,18-19H2,1-4H3,(H,32,36)/t27-,28-/m0/s1. The Balaban J connectivity index is 1.44. The SMILES string of the molecule is COC(=O)[C@H](Cc1ccccc1)N(C)C(=O)[C@@H](NC(=O)OCC1c2ccccc2-c2ccccc21)C(C)C. The summed E-state index contributed by atoms with van der Waals surface area (Å²) in [5.74, 6) is -1.23. The molecule has 38 heavy (non-hydrogen) atoms. The van der Waals surface area contributed by atoms with Crippen molar-refractivity contribution in [2.75, 3.05) is 20.8 Å². The number of nitrogens with zero attached hydrogens (tertiary/aromatic N) is 1. The van der Waals surface area contributed by atoms with Crippen LogP contribution in [0.25, 0.3) is 11.1 Å². The minimum atomic E-state index is -0.876. The normalized spacial score (nSPS) is 13.7. The largest absolute Gasteiger partial charge is 0.467 e. The Morgan fingerprint density at radius 2 is 1.42 bits per heavy atom. The Morgan fingerprint density at radius 1 is 0.868 bits per heavy atom. The first-order chi connectivity index (χ1) is 18.3. The highest BCUT2D eigenvalue weighted by molar-refractivity contribution is 5.90. The van der Waals surface area contributed by atoms with E-state index in [0.29, 0.717) is 6.42 Å². The molecule has 0 aromatic heterocycles. The molecule has 4 rings (SSSR count). The topological polar surface area (TPSA) is 84.9 Å². The van der Waals surface area contributed by atoms with Gasteiger partial charge in [-0.1, -0.05) is 92.7 Å². The maximum absolute atomic E-state index is 13.5. The summed E-state index contributed by atoms with van der Waals surface area (Å²) in [5.41, 5.74) is 5.40. The fourth-order valence-electron chi connectivity index (χ4n) is 5.01. The van der Waals surface area contributed by atoms with E-state index in [4.69, 9.17) is 9.47 Å². The third kappa shape index (κ3) is 5.72. The Kier molecular flexibility index (Phi) is 8.46. The van der Waals surface area contributed by atoms with Gasteiger partial charge in [-0.05, 0) is 33.7 Å². The van der Waals surface area contributed by atoms with Crippen molar-refractivity contribution in [1.82, 2.24) is 10.2 Å². The highest BCUT2D eigenvalue weighted by Crippen LogP contribution is 2.44. The average Bonchev–Trinajstić information content (AvgIpc) is 3.26. The number of carbonyl (C=O) groups is 3. The third-order valence-corrected chi connectivity index (χ3v) is 7.11. The van der Waals surface area contributed by atoms with E-state index >= 15 is 0 Å². The molecular formula is C31H34N2O5. The van der Waals surface area contributed by atoms with Crippen LogP contribution in [0.4, 0.5) is 4.79 Å². The molecular weight excluding hydrogens is 480 g/mol. The van der Waals surface area contributed by atoms with Crippen molar-refractivity contribution < 1.29 is 23.9 Å². The predicted molar refractivity (Wildman–Crippen MR) is 146 cm³/mol. The summed E-state index contributed by atoms with van der Waals surface area (Å²) in [5, 5.41) is 2.74. The van der Waals surface area contributed by atoms with Gasteiger partial charge >= 0.3 is 12.1 Å². The van der Waals surface area contributed by atoms with Crippen molar-refractivity contribution in [3.63, 3.8) is 0 Å². The quantitative estimate of drug-likeness (QED) is 0.415. The fourth-order valence-corrected chi connectivity index (χ4v) is 5.01. The molecule has 1 aliphatic rings. The van der Waals surface area contributed by atoms with Gasteiger partial charge < -0.3 is 19.7 Å². The second kappa shape index (κ2) is 11.9. The van der Waals surface area contributed by atoms with Crippen molar-refractivity contribution in [2.45, 2.75) is 38.3 Å². The van der Waals surface area contributed by atoms with Gasteiger partial charge in [0.1, 0.15) is 18.7 Å². The second-order valence-corrected chi connectivity index (χ2v) is 9.87. The zero-order valence-corrected chi connectivity index (χ0v) is 22.2. The summed E-state index contributed by atoms with van der Waals surface area (Å²) < 4.78 is 10.6. The van der Waals surface area contributed by atoms with E-state index in [0.717, 1.165) is 27.8 Å². The Morgan fingerprint density at radius 3 is 1.97 bits per heavy atom. The minimum absolute atomic E-state index is 0.0846. The molecule has 0 saturated heterocycles. The first-order valence-electron chi connectivity index (χ1n) is 12.8. The molecule has 7 heteroatoms. The number of likely N-dealkylation sites (N-methyl/N-ethyl adjacent to an activating group) is 1. The summed E-state index contributed by atoms with van der Waals surface area (Å²) in [4.78, 5) is 40.4. The van der Waals surface area contributed by atoms with Crippen LogP contribution in [0.5, 0.6) is 0 Å². The van der Waals surface area contributed by atoms with Gasteiger partial charge in [0.25, 0.3) is 0 Å². The monoisotopic (exact) mass is 514 g/mol. The molecule has 3 aromatic carbocycles. The molecule has 1 N–H and O–H groups in total. The molecule has 2 atom stereocenters. The molecule has 0 bridgehead atoms. The van der Waals surface area contributed by atoms with Crippen molar-refractivity contribution in [1.29, 1.82) is 0 Å². The van der Waals surface area contributed by atoms with E-state index in [1.165, 1.54) is 12.0 Å². The Labute approximate surface area is 223 Å². The van der Waals surface area contributed by atoms with Gasteiger partial charge in [-0.25, -0.2) is 9.59 Å². The number of amides is 2. The molecule has 198 valence electrons. The highest BCUT2D eigenvalue weighted by Gasteiger charge is 2.35. The van der Waals surface area contributed by atoms with Gasteiger partial charge in [-0.3, -0.25) is 4.79 Å². The van der Waals surface area contributed by atoms with E-state index in [2.05, 4.69) is 29.6 Å². The van der Waals surface area contributed by atoms with Crippen LogP contribution < -0.4 is 5.32 Å². The van der Waals surface area contributed by atoms with Gasteiger partial charge in [-0.2, -0.15) is 0 Å². The van der Waals surface area contributed by atoms with E-state index in [-0.39, 0.29) is 24.3 Å². The van der Waals surface area contributed by atoms with Crippen LogP contribution in [-0.4, -0.2) is 55.7 Å². The maximum atomic E-state index is 13.5.